The molecule has 170 valence electrons. The van der Waals surface area contributed by atoms with Gasteiger partial charge in [0.05, 0.1) is 12.6 Å². The Morgan fingerprint density at radius 2 is 1.61 bits per heavy atom. The molecule has 2 amide bonds. The van der Waals surface area contributed by atoms with Gasteiger partial charge in [-0.15, -0.1) is 0 Å². The minimum Gasteiger partial charge on any atom is -0.494 e. The maximum Gasteiger partial charge on any atom is 0.258 e. The van der Waals surface area contributed by atoms with Crippen LogP contribution in [0.5, 0.6) is 5.75 Å². The average Bonchev–Trinajstić information content (AvgIpc) is 2.85. The Balaban J connectivity index is 1.73. The second kappa shape index (κ2) is 9.90. The van der Waals surface area contributed by atoms with Gasteiger partial charge in [-0.25, -0.2) is 0 Å². The van der Waals surface area contributed by atoms with Crippen molar-refractivity contribution in [3.8, 4) is 5.75 Å². The van der Waals surface area contributed by atoms with Crippen LogP contribution in [0.3, 0.4) is 0 Å². The highest BCUT2D eigenvalue weighted by molar-refractivity contribution is 6.07. The van der Waals surface area contributed by atoms with Crippen molar-refractivity contribution in [2.24, 2.45) is 0 Å². The van der Waals surface area contributed by atoms with E-state index >= 15 is 0 Å². The lowest BCUT2D eigenvalue weighted by Gasteiger charge is -2.43. The average molecular weight is 443 g/mol. The lowest BCUT2D eigenvalue weighted by molar-refractivity contribution is -0.118. The van der Waals surface area contributed by atoms with Crippen LogP contribution in [0, 0.1) is 0 Å². The predicted octanol–water partition coefficient (Wildman–Crippen LogP) is 6.01. The maximum atomic E-state index is 13.6. The monoisotopic (exact) mass is 442 g/mol. The van der Waals surface area contributed by atoms with Crippen molar-refractivity contribution in [3.05, 3.63) is 90.0 Å². The lowest BCUT2D eigenvalue weighted by atomic mass is 9.89. The van der Waals surface area contributed by atoms with Crippen molar-refractivity contribution >= 4 is 23.2 Å². The van der Waals surface area contributed by atoms with Gasteiger partial charge in [-0.05, 0) is 68.3 Å². The summed E-state index contributed by atoms with van der Waals surface area (Å²) in [6.07, 6.45) is 1.07. The zero-order valence-corrected chi connectivity index (χ0v) is 19.4. The molecule has 1 heterocycles. The first kappa shape index (κ1) is 22.6. The molecule has 5 nitrogen and oxygen atoms in total. The number of carbonyl (C=O) groups excluding carboxylic acids is 2. The number of amides is 2. The summed E-state index contributed by atoms with van der Waals surface area (Å²) in [7, 11) is 0. The molecule has 0 saturated carbocycles. The Morgan fingerprint density at radius 1 is 0.939 bits per heavy atom. The van der Waals surface area contributed by atoms with Crippen molar-refractivity contribution in [1.29, 1.82) is 0 Å². The number of carbonyl (C=O) groups is 2. The summed E-state index contributed by atoms with van der Waals surface area (Å²) in [5.74, 6) is 0.766. The van der Waals surface area contributed by atoms with Crippen LogP contribution in [0.1, 0.15) is 55.6 Å². The first-order valence-electron chi connectivity index (χ1n) is 11.6. The van der Waals surface area contributed by atoms with Crippen molar-refractivity contribution in [3.63, 3.8) is 0 Å². The van der Waals surface area contributed by atoms with Gasteiger partial charge in [0.1, 0.15) is 5.75 Å². The van der Waals surface area contributed by atoms with E-state index in [-0.39, 0.29) is 23.9 Å². The Labute approximate surface area is 195 Å². The number of ether oxygens (including phenoxy) is 1. The van der Waals surface area contributed by atoms with E-state index in [0.717, 1.165) is 22.7 Å². The lowest BCUT2D eigenvalue weighted by Crippen LogP contribution is -2.47. The zero-order chi connectivity index (χ0) is 23.4. The molecule has 0 unspecified atom stereocenters. The molecule has 0 bridgehead atoms. The van der Waals surface area contributed by atoms with Gasteiger partial charge in [-0.3, -0.25) is 9.59 Å². The first-order chi connectivity index (χ1) is 16.0. The van der Waals surface area contributed by atoms with Crippen LogP contribution in [0.4, 0.5) is 11.4 Å². The molecule has 1 aliphatic rings. The van der Waals surface area contributed by atoms with E-state index in [9.17, 15) is 9.59 Å². The number of fused-ring (bicyclic) bond motifs is 1. The van der Waals surface area contributed by atoms with Crippen LogP contribution in [0.25, 0.3) is 0 Å². The summed E-state index contributed by atoms with van der Waals surface area (Å²) in [4.78, 5) is 30.4. The first-order valence-corrected chi connectivity index (χ1v) is 11.6. The largest absolute Gasteiger partial charge is 0.494 e. The summed E-state index contributed by atoms with van der Waals surface area (Å²) in [5, 5.41) is 0. The van der Waals surface area contributed by atoms with Gasteiger partial charge in [0.15, 0.2) is 0 Å². The third-order valence-corrected chi connectivity index (χ3v) is 6.11. The van der Waals surface area contributed by atoms with E-state index in [1.807, 2.05) is 103 Å². The van der Waals surface area contributed by atoms with Crippen LogP contribution < -0.4 is 14.5 Å². The molecular formula is C28H30N2O3. The highest BCUT2D eigenvalue weighted by Crippen LogP contribution is 2.42. The van der Waals surface area contributed by atoms with Gasteiger partial charge < -0.3 is 14.5 Å². The van der Waals surface area contributed by atoms with Crippen LogP contribution >= 0.6 is 0 Å². The van der Waals surface area contributed by atoms with Crippen molar-refractivity contribution in [2.45, 2.75) is 45.7 Å². The van der Waals surface area contributed by atoms with Crippen LogP contribution in [0.2, 0.25) is 0 Å². The molecular weight excluding hydrogens is 412 g/mol. The van der Waals surface area contributed by atoms with Crippen LogP contribution in [0.15, 0.2) is 78.9 Å². The summed E-state index contributed by atoms with van der Waals surface area (Å²) in [6, 6.07) is 24.8. The Morgan fingerprint density at radius 3 is 2.27 bits per heavy atom. The molecule has 0 radical (unpaired) electrons. The SMILES string of the molecule is CCOc1ccc(C(=O)N2c3ccccc3[C@@H](N(C(=O)CC)c3ccccc3)C[C@H]2C)cc1. The van der Waals surface area contributed by atoms with Crippen molar-refractivity contribution in [1.82, 2.24) is 0 Å². The molecule has 2 atom stereocenters. The summed E-state index contributed by atoms with van der Waals surface area (Å²) < 4.78 is 5.52. The normalized spacial score (nSPS) is 17.2. The van der Waals surface area contributed by atoms with Gasteiger partial charge in [0.25, 0.3) is 5.91 Å². The Kier molecular flexibility index (Phi) is 6.78. The molecule has 0 aliphatic carbocycles. The summed E-state index contributed by atoms with van der Waals surface area (Å²) in [5.41, 5.74) is 3.33. The molecule has 3 aromatic rings. The fourth-order valence-corrected chi connectivity index (χ4v) is 4.59. The van der Waals surface area contributed by atoms with Crippen molar-refractivity contribution < 1.29 is 14.3 Å². The number of hydrogen-bond donors (Lipinski definition) is 0. The Hall–Kier alpha value is -3.60. The third kappa shape index (κ3) is 4.49. The number of rotatable bonds is 6. The van der Waals surface area contributed by atoms with E-state index in [2.05, 4.69) is 6.92 Å². The molecule has 5 heteroatoms. The molecule has 0 spiro atoms. The zero-order valence-electron chi connectivity index (χ0n) is 19.4. The molecule has 4 rings (SSSR count). The fraction of sp³-hybridized carbons (Fsp3) is 0.286. The minimum absolute atomic E-state index is 0.0514. The van der Waals surface area contributed by atoms with E-state index in [1.165, 1.54) is 0 Å². The van der Waals surface area contributed by atoms with Crippen molar-refractivity contribution in [2.75, 3.05) is 16.4 Å². The third-order valence-electron chi connectivity index (χ3n) is 6.11. The topological polar surface area (TPSA) is 49.9 Å². The summed E-state index contributed by atoms with van der Waals surface area (Å²) >= 11 is 0. The highest BCUT2D eigenvalue weighted by Gasteiger charge is 2.38. The maximum absolute atomic E-state index is 13.6. The molecule has 0 aromatic heterocycles. The second-order valence-electron chi connectivity index (χ2n) is 8.24. The molecule has 3 aromatic carbocycles. The van der Waals surface area contributed by atoms with Gasteiger partial charge in [-0.1, -0.05) is 43.3 Å². The molecule has 33 heavy (non-hydrogen) atoms. The molecule has 1 aliphatic heterocycles. The van der Waals surface area contributed by atoms with E-state index < -0.39 is 0 Å². The van der Waals surface area contributed by atoms with Gasteiger partial charge in [0.2, 0.25) is 5.91 Å². The van der Waals surface area contributed by atoms with E-state index in [0.29, 0.717) is 25.0 Å². The number of para-hydroxylation sites is 2. The van der Waals surface area contributed by atoms with Gasteiger partial charge >= 0.3 is 0 Å². The minimum atomic E-state index is -0.143. The summed E-state index contributed by atoms with van der Waals surface area (Å²) in [6.45, 7) is 6.45. The number of anilines is 2. The standard InChI is InChI=1S/C28H30N2O3/c1-4-27(31)30(22-11-7-6-8-12-22)26-19-20(3)29(25-14-10-9-13-24(25)26)28(32)21-15-17-23(18-16-21)33-5-2/h6-18,20,26H,4-5,19H2,1-3H3/t20-,26+/m1/s1. The number of benzene rings is 3. The smallest absolute Gasteiger partial charge is 0.258 e. The van der Waals surface area contributed by atoms with E-state index in [4.69, 9.17) is 4.74 Å². The van der Waals surface area contributed by atoms with Gasteiger partial charge in [-0.2, -0.15) is 0 Å². The van der Waals surface area contributed by atoms with Crippen LogP contribution in [-0.4, -0.2) is 24.5 Å². The van der Waals surface area contributed by atoms with Gasteiger partial charge in [0, 0.05) is 29.4 Å². The Bertz CT molecular complexity index is 1110. The molecule has 0 fully saturated rings. The molecule has 0 N–H and O–H groups in total. The molecule has 0 saturated heterocycles. The predicted molar refractivity (Wildman–Crippen MR) is 132 cm³/mol. The second-order valence-corrected chi connectivity index (χ2v) is 8.24. The quantitative estimate of drug-likeness (QED) is 0.470. The fourth-order valence-electron chi connectivity index (χ4n) is 4.59. The van der Waals surface area contributed by atoms with Crippen LogP contribution in [-0.2, 0) is 4.79 Å². The number of nitrogens with zero attached hydrogens (tertiary/aromatic N) is 2. The number of hydrogen-bond acceptors (Lipinski definition) is 3. The van der Waals surface area contributed by atoms with E-state index in [1.54, 1.807) is 0 Å². The highest BCUT2D eigenvalue weighted by atomic mass is 16.5.